The molecule has 0 bridgehead atoms. The van der Waals surface area contributed by atoms with Crippen molar-refractivity contribution in [3.8, 4) is 22.9 Å². The lowest BCUT2D eigenvalue weighted by atomic mass is 9.91. The number of nitrogens with one attached hydrogen (secondary N) is 1. The van der Waals surface area contributed by atoms with Crippen LogP contribution in [0.15, 0.2) is 83.3 Å². The van der Waals surface area contributed by atoms with Crippen molar-refractivity contribution in [1.29, 1.82) is 0 Å². The summed E-state index contributed by atoms with van der Waals surface area (Å²) in [6, 6.07) is 25.5. The lowest BCUT2D eigenvalue weighted by Gasteiger charge is -2.26. The van der Waals surface area contributed by atoms with Crippen LogP contribution in [0.4, 0.5) is 5.69 Å². The first-order valence-electron chi connectivity index (χ1n) is 13.5. The minimum absolute atomic E-state index is 0.0244. The van der Waals surface area contributed by atoms with Crippen molar-refractivity contribution in [1.82, 2.24) is 10.2 Å². The zero-order valence-electron chi connectivity index (χ0n) is 22.7. The van der Waals surface area contributed by atoms with E-state index in [2.05, 4.69) is 41.5 Å². The summed E-state index contributed by atoms with van der Waals surface area (Å²) in [5.74, 6) is 1.11. The number of hydrogen-bond acceptors (Lipinski definition) is 7. The van der Waals surface area contributed by atoms with Crippen LogP contribution in [0.5, 0.6) is 0 Å². The summed E-state index contributed by atoms with van der Waals surface area (Å²) in [7, 11) is 0. The number of hydrogen-bond donors (Lipinski definition) is 1. The predicted molar refractivity (Wildman–Crippen MR) is 152 cm³/mol. The Morgan fingerprint density at radius 3 is 2.10 bits per heavy atom. The number of carbonyl (C=O) groups excluding carboxylic acids is 2. The van der Waals surface area contributed by atoms with E-state index < -0.39 is 0 Å². The molecule has 39 heavy (non-hydrogen) atoms. The van der Waals surface area contributed by atoms with Crippen LogP contribution in [0.2, 0.25) is 0 Å². The van der Waals surface area contributed by atoms with Gasteiger partial charge in [0.1, 0.15) is 0 Å². The lowest BCUT2D eigenvalue weighted by molar-refractivity contribution is -0.143. The zero-order chi connectivity index (χ0) is 27.6. The van der Waals surface area contributed by atoms with E-state index in [0.717, 1.165) is 28.8 Å². The molecule has 1 aromatic heterocycles. The number of rotatable bonds is 13. The average Bonchev–Trinajstić information content (AvgIpc) is 3.47. The second-order valence-electron chi connectivity index (χ2n) is 9.57. The molecule has 1 N–H and O–H groups in total. The first-order valence-corrected chi connectivity index (χ1v) is 13.5. The van der Waals surface area contributed by atoms with E-state index in [0.29, 0.717) is 42.7 Å². The first kappa shape index (κ1) is 27.8. The minimum atomic E-state index is -0.261. The molecular formula is C32H35N3O4. The summed E-state index contributed by atoms with van der Waals surface area (Å²) in [5, 5.41) is 12.1. The monoisotopic (exact) mass is 525 g/mol. The molecule has 0 saturated carbocycles. The standard InChI is InChI=1S/C32H35N3O4/c1-4-22(3)30(33-27-20-18-23(19-21-27)28(36)12-9-13-29(37)38-5-2)24-14-16-26(17-15-24)32-35-34-31(39-32)25-10-7-6-8-11-25/h6-8,10-11,14-22,30,33H,4-5,9,12-13H2,1-3H3/t22?,30-/m1/s1. The molecule has 0 aliphatic carbocycles. The molecular weight excluding hydrogens is 490 g/mol. The molecule has 7 nitrogen and oxygen atoms in total. The second-order valence-corrected chi connectivity index (χ2v) is 9.57. The summed E-state index contributed by atoms with van der Waals surface area (Å²) in [6.45, 7) is 6.53. The molecule has 0 saturated heterocycles. The molecule has 4 aromatic rings. The Morgan fingerprint density at radius 2 is 1.49 bits per heavy atom. The van der Waals surface area contributed by atoms with Gasteiger partial charge >= 0.3 is 5.97 Å². The highest BCUT2D eigenvalue weighted by Crippen LogP contribution is 2.31. The van der Waals surface area contributed by atoms with E-state index in [-0.39, 0.29) is 24.2 Å². The number of esters is 1. The van der Waals surface area contributed by atoms with Crippen LogP contribution in [0.3, 0.4) is 0 Å². The van der Waals surface area contributed by atoms with E-state index in [1.165, 1.54) is 0 Å². The van der Waals surface area contributed by atoms with Crippen molar-refractivity contribution in [2.24, 2.45) is 5.92 Å². The first-order chi connectivity index (χ1) is 19.0. The maximum atomic E-state index is 12.5. The van der Waals surface area contributed by atoms with E-state index in [1.807, 2.05) is 66.7 Å². The van der Waals surface area contributed by atoms with E-state index in [1.54, 1.807) is 6.92 Å². The van der Waals surface area contributed by atoms with Gasteiger partial charge < -0.3 is 14.5 Å². The number of ether oxygens (including phenoxy) is 1. The lowest BCUT2D eigenvalue weighted by Crippen LogP contribution is -2.18. The van der Waals surface area contributed by atoms with Gasteiger partial charge in [0.25, 0.3) is 0 Å². The number of aromatic nitrogens is 2. The Hall–Kier alpha value is -4.26. The third-order valence-corrected chi connectivity index (χ3v) is 6.79. The van der Waals surface area contributed by atoms with Gasteiger partial charge in [0.2, 0.25) is 11.8 Å². The molecule has 0 spiro atoms. The van der Waals surface area contributed by atoms with Gasteiger partial charge in [-0.1, -0.05) is 50.6 Å². The highest BCUT2D eigenvalue weighted by atomic mass is 16.5. The Balaban J connectivity index is 1.41. The summed E-state index contributed by atoms with van der Waals surface area (Å²) >= 11 is 0. The third-order valence-electron chi connectivity index (χ3n) is 6.79. The molecule has 0 aliphatic heterocycles. The Morgan fingerprint density at radius 1 is 0.846 bits per heavy atom. The fourth-order valence-corrected chi connectivity index (χ4v) is 4.36. The van der Waals surface area contributed by atoms with Crippen LogP contribution in [0, 0.1) is 5.92 Å². The molecule has 0 radical (unpaired) electrons. The van der Waals surface area contributed by atoms with Gasteiger partial charge in [0.05, 0.1) is 12.6 Å². The van der Waals surface area contributed by atoms with Crippen LogP contribution in [-0.2, 0) is 9.53 Å². The number of Topliss-reactive ketones (excluding diaryl/α,β-unsaturated/α-hetero) is 1. The van der Waals surface area contributed by atoms with Crippen molar-refractivity contribution in [3.05, 3.63) is 90.0 Å². The van der Waals surface area contributed by atoms with Gasteiger partial charge in [-0.15, -0.1) is 10.2 Å². The molecule has 0 fully saturated rings. The minimum Gasteiger partial charge on any atom is -0.466 e. The summed E-state index contributed by atoms with van der Waals surface area (Å²) < 4.78 is 10.8. The van der Waals surface area contributed by atoms with Crippen LogP contribution in [0.25, 0.3) is 22.9 Å². The zero-order valence-corrected chi connectivity index (χ0v) is 22.7. The second kappa shape index (κ2) is 13.5. The number of ketones is 1. The highest BCUT2D eigenvalue weighted by molar-refractivity contribution is 5.96. The smallest absolute Gasteiger partial charge is 0.305 e. The van der Waals surface area contributed by atoms with E-state index in [9.17, 15) is 9.59 Å². The fraction of sp³-hybridized carbons (Fsp3) is 0.312. The maximum absolute atomic E-state index is 12.5. The number of nitrogens with zero attached hydrogens (tertiary/aromatic N) is 2. The largest absolute Gasteiger partial charge is 0.466 e. The topological polar surface area (TPSA) is 94.3 Å². The summed E-state index contributed by atoms with van der Waals surface area (Å²) in [5.41, 5.74) is 4.48. The fourth-order valence-electron chi connectivity index (χ4n) is 4.36. The van der Waals surface area contributed by atoms with Gasteiger partial charge in [0.15, 0.2) is 5.78 Å². The molecule has 3 aromatic carbocycles. The highest BCUT2D eigenvalue weighted by Gasteiger charge is 2.19. The number of anilines is 1. The summed E-state index contributed by atoms with van der Waals surface area (Å²) in [4.78, 5) is 24.0. The van der Waals surface area contributed by atoms with Crippen LogP contribution < -0.4 is 5.32 Å². The van der Waals surface area contributed by atoms with Gasteiger partial charge in [-0.3, -0.25) is 9.59 Å². The molecule has 2 atom stereocenters. The van der Waals surface area contributed by atoms with Crippen molar-refractivity contribution in [2.45, 2.75) is 52.5 Å². The molecule has 1 heterocycles. The molecule has 0 amide bonds. The van der Waals surface area contributed by atoms with Crippen molar-refractivity contribution < 1.29 is 18.7 Å². The quantitative estimate of drug-likeness (QED) is 0.142. The average molecular weight is 526 g/mol. The predicted octanol–water partition coefficient (Wildman–Crippen LogP) is 7.52. The normalized spacial score (nSPS) is 12.5. The molecule has 0 aliphatic rings. The van der Waals surface area contributed by atoms with Crippen molar-refractivity contribution >= 4 is 17.4 Å². The Bertz CT molecular complexity index is 1350. The number of carbonyl (C=O) groups is 2. The van der Waals surface area contributed by atoms with Crippen LogP contribution >= 0.6 is 0 Å². The Kier molecular flexibility index (Phi) is 9.62. The maximum Gasteiger partial charge on any atom is 0.305 e. The van der Waals surface area contributed by atoms with E-state index >= 15 is 0 Å². The van der Waals surface area contributed by atoms with Gasteiger partial charge in [0, 0.05) is 35.2 Å². The number of benzene rings is 3. The molecule has 1 unspecified atom stereocenters. The Labute approximate surface area is 229 Å². The molecule has 4 rings (SSSR count). The van der Waals surface area contributed by atoms with E-state index in [4.69, 9.17) is 9.15 Å². The van der Waals surface area contributed by atoms with Gasteiger partial charge in [-0.2, -0.15) is 0 Å². The van der Waals surface area contributed by atoms with Gasteiger partial charge in [-0.05, 0) is 73.4 Å². The van der Waals surface area contributed by atoms with Crippen LogP contribution in [0.1, 0.15) is 68.4 Å². The third kappa shape index (κ3) is 7.41. The van der Waals surface area contributed by atoms with Gasteiger partial charge in [-0.25, -0.2) is 0 Å². The van der Waals surface area contributed by atoms with Crippen molar-refractivity contribution in [3.63, 3.8) is 0 Å². The SMILES string of the molecule is CCOC(=O)CCCC(=O)c1ccc(N[C@@H](c2ccc(-c3nnc(-c4ccccc4)o3)cc2)C(C)CC)cc1. The molecule has 7 heteroatoms. The van der Waals surface area contributed by atoms with Crippen LogP contribution in [-0.4, -0.2) is 28.6 Å². The van der Waals surface area contributed by atoms with Crippen molar-refractivity contribution in [2.75, 3.05) is 11.9 Å². The summed E-state index contributed by atoms with van der Waals surface area (Å²) in [6.07, 6.45) is 2.07. The molecule has 202 valence electrons.